The molecule has 0 atom stereocenters. The number of fused-ring (bicyclic) bond motifs is 1. The molecule has 0 amide bonds. The summed E-state index contributed by atoms with van der Waals surface area (Å²) in [5.41, 5.74) is 3.37. The van der Waals surface area contributed by atoms with Crippen molar-refractivity contribution in [3.63, 3.8) is 0 Å². The molecule has 9 heteroatoms. The second kappa shape index (κ2) is 7.51. The van der Waals surface area contributed by atoms with Crippen molar-refractivity contribution in [1.82, 2.24) is 30.4 Å². The second-order valence-electron chi connectivity index (χ2n) is 6.98. The number of aromatic amines is 1. The molecule has 3 N–H and O–H groups in total. The Kier molecular flexibility index (Phi) is 4.58. The number of rotatable bonds is 5. The second-order valence-corrected chi connectivity index (χ2v) is 7.99. The van der Waals surface area contributed by atoms with Crippen LogP contribution in [-0.4, -0.2) is 30.4 Å². The topological polar surface area (TPSA) is 104 Å². The average Bonchev–Trinajstić information content (AvgIpc) is 3.41. The molecule has 0 radical (unpaired) electrons. The minimum absolute atomic E-state index is 0.562. The Morgan fingerprint density at radius 1 is 0.964 bits per heavy atom. The maximum atomic E-state index is 4.68. The molecule has 1 aliphatic carbocycles. The van der Waals surface area contributed by atoms with Crippen LogP contribution in [0.15, 0.2) is 36.8 Å². The van der Waals surface area contributed by atoms with Crippen molar-refractivity contribution < 1.29 is 0 Å². The normalized spacial score (nSPS) is 15.0. The molecule has 4 aromatic heterocycles. The molecule has 4 heterocycles. The van der Waals surface area contributed by atoms with Gasteiger partial charge >= 0.3 is 0 Å². The summed E-state index contributed by atoms with van der Waals surface area (Å²) in [6, 6.07) is 5.84. The van der Waals surface area contributed by atoms with Gasteiger partial charge in [0.15, 0.2) is 0 Å². The summed E-state index contributed by atoms with van der Waals surface area (Å²) in [5.74, 6) is 1.30. The van der Waals surface area contributed by atoms with Crippen molar-refractivity contribution in [3.05, 3.63) is 41.8 Å². The molecule has 0 unspecified atom stereocenters. The van der Waals surface area contributed by atoms with E-state index < -0.39 is 0 Å². The molecule has 1 aliphatic rings. The quantitative estimate of drug-likeness (QED) is 0.450. The molecule has 0 saturated heterocycles. The standard InChI is InChI=1S/C19H20N8S/c1-2-4-12(5-3-1)18-26-27-19(28-18)25-17-7-6-15-16(24-17)8-13(9-20-15)23-14-10-21-22-11-14/h6-12,23H,1-5H2,(H,21,22)(H,24,25,27). The number of H-pyrrole nitrogens is 1. The average molecular weight is 392 g/mol. The number of anilines is 4. The van der Waals surface area contributed by atoms with Crippen LogP contribution in [0.1, 0.15) is 43.0 Å². The van der Waals surface area contributed by atoms with Crippen molar-refractivity contribution in [2.75, 3.05) is 10.6 Å². The third kappa shape index (κ3) is 3.65. The van der Waals surface area contributed by atoms with Gasteiger partial charge in [-0.1, -0.05) is 30.6 Å². The third-order valence-corrected chi connectivity index (χ3v) is 5.96. The van der Waals surface area contributed by atoms with E-state index in [2.05, 4.69) is 41.0 Å². The van der Waals surface area contributed by atoms with E-state index in [4.69, 9.17) is 0 Å². The highest BCUT2D eigenvalue weighted by Gasteiger charge is 2.19. The predicted octanol–water partition coefficient (Wildman–Crippen LogP) is 4.74. The first-order valence-electron chi connectivity index (χ1n) is 9.46. The fourth-order valence-electron chi connectivity index (χ4n) is 3.54. The Hall–Kier alpha value is -3.07. The highest BCUT2D eigenvalue weighted by molar-refractivity contribution is 7.15. The molecule has 4 aromatic rings. The van der Waals surface area contributed by atoms with Crippen LogP contribution < -0.4 is 10.6 Å². The maximum absolute atomic E-state index is 4.68. The Balaban J connectivity index is 1.34. The number of pyridine rings is 2. The predicted molar refractivity (Wildman–Crippen MR) is 110 cm³/mol. The van der Waals surface area contributed by atoms with Gasteiger partial charge in [-0.2, -0.15) is 5.10 Å². The van der Waals surface area contributed by atoms with Crippen LogP contribution in [0.4, 0.5) is 22.3 Å². The van der Waals surface area contributed by atoms with E-state index in [0.717, 1.165) is 38.4 Å². The zero-order valence-electron chi connectivity index (χ0n) is 15.2. The first kappa shape index (κ1) is 17.1. The van der Waals surface area contributed by atoms with E-state index in [1.807, 2.05) is 18.2 Å². The van der Waals surface area contributed by atoms with Gasteiger partial charge in [0, 0.05) is 12.1 Å². The van der Waals surface area contributed by atoms with Gasteiger partial charge in [-0.15, -0.1) is 10.2 Å². The lowest BCUT2D eigenvalue weighted by Gasteiger charge is -2.18. The number of aromatic nitrogens is 6. The summed E-state index contributed by atoms with van der Waals surface area (Å²) < 4.78 is 0. The van der Waals surface area contributed by atoms with Crippen LogP contribution >= 0.6 is 11.3 Å². The lowest BCUT2D eigenvalue weighted by atomic mass is 9.90. The summed E-state index contributed by atoms with van der Waals surface area (Å²) >= 11 is 1.63. The van der Waals surface area contributed by atoms with Gasteiger partial charge in [-0.3, -0.25) is 10.1 Å². The fraction of sp³-hybridized carbons (Fsp3) is 0.316. The van der Waals surface area contributed by atoms with E-state index in [1.54, 1.807) is 29.9 Å². The fourth-order valence-corrected chi connectivity index (χ4v) is 4.46. The lowest BCUT2D eigenvalue weighted by Crippen LogP contribution is -2.03. The summed E-state index contributed by atoms with van der Waals surface area (Å²) in [6.45, 7) is 0. The van der Waals surface area contributed by atoms with Crippen LogP contribution in [0.2, 0.25) is 0 Å². The molecule has 1 fully saturated rings. The van der Waals surface area contributed by atoms with Gasteiger partial charge in [-0.25, -0.2) is 4.98 Å². The van der Waals surface area contributed by atoms with E-state index in [-0.39, 0.29) is 0 Å². The van der Waals surface area contributed by atoms with Gasteiger partial charge in [0.2, 0.25) is 5.13 Å². The maximum Gasteiger partial charge on any atom is 0.211 e. The first-order chi connectivity index (χ1) is 13.8. The minimum atomic E-state index is 0.562. The minimum Gasteiger partial charge on any atom is -0.352 e. The molecular weight excluding hydrogens is 372 g/mol. The third-order valence-electron chi connectivity index (χ3n) is 4.95. The van der Waals surface area contributed by atoms with Crippen LogP contribution in [0, 0.1) is 0 Å². The van der Waals surface area contributed by atoms with Gasteiger partial charge in [0.1, 0.15) is 10.8 Å². The smallest absolute Gasteiger partial charge is 0.211 e. The van der Waals surface area contributed by atoms with Gasteiger partial charge < -0.3 is 10.6 Å². The SMILES string of the molecule is c1n[nH]cc1Nc1cnc2ccc(Nc3nnc(C4CCCCC4)s3)nc2c1. The Bertz CT molecular complexity index is 1070. The molecule has 0 aromatic carbocycles. The zero-order valence-corrected chi connectivity index (χ0v) is 16.0. The number of nitrogens with one attached hydrogen (secondary N) is 3. The number of hydrogen-bond donors (Lipinski definition) is 3. The van der Waals surface area contributed by atoms with Crippen LogP contribution in [0.5, 0.6) is 0 Å². The zero-order chi connectivity index (χ0) is 18.8. The van der Waals surface area contributed by atoms with Crippen molar-refractivity contribution in [3.8, 4) is 0 Å². The van der Waals surface area contributed by atoms with E-state index in [0.29, 0.717) is 5.92 Å². The summed E-state index contributed by atoms with van der Waals surface area (Å²) in [6.07, 6.45) is 11.7. The first-order valence-corrected chi connectivity index (χ1v) is 10.3. The molecule has 28 heavy (non-hydrogen) atoms. The van der Waals surface area contributed by atoms with Gasteiger partial charge in [-0.05, 0) is 31.0 Å². The van der Waals surface area contributed by atoms with E-state index in [1.165, 1.54) is 32.1 Å². The molecule has 8 nitrogen and oxygen atoms in total. The van der Waals surface area contributed by atoms with Crippen molar-refractivity contribution in [2.45, 2.75) is 38.0 Å². The summed E-state index contributed by atoms with van der Waals surface area (Å²) in [4.78, 5) is 9.15. The van der Waals surface area contributed by atoms with Crippen molar-refractivity contribution in [1.29, 1.82) is 0 Å². The summed E-state index contributed by atoms with van der Waals surface area (Å²) in [5, 5.41) is 23.9. The van der Waals surface area contributed by atoms with Crippen LogP contribution in [0.3, 0.4) is 0 Å². The van der Waals surface area contributed by atoms with Gasteiger partial charge in [0.05, 0.1) is 34.8 Å². The highest BCUT2D eigenvalue weighted by atomic mass is 32.1. The highest BCUT2D eigenvalue weighted by Crippen LogP contribution is 2.35. The molecular formula is C19H20N8S. The van der Waals surface area contributed by atoms with E-state index >= 15 is 0 Å². The van der Waals surface area contributed by atoms with Crippen LogP contribution in [-0.2, 0) is 0 Å². The lowest BCUT2D eigenvalue weighted by molar-refractivity contribution is 0.440. The molecule has 0 aliphatic heterocycles. The number of nitrogens with zero attached hydrogens (tertiary/aromatic N) is 5. The molecule has 0 bridgehead atoms. The molecule has 5 rings (SSSR count). The van der Waals surface area contributed by atoms with Gasteiger partial charge in [0.25, 0.3) is 0 Å². The Morgan fingerprint density at radius 2 is 1.89 bits per heavy atom. The summed E-state index contributed by atoms with van der Waals surface area (Å²) in [7, 11) is 0. The monoisotopic (exact) mass is 392 g/mol. The Morgan fingerprint density at radius 3 is 2.75 bits per heavy atom. The largest absolute Gasteiger partial charge is 0.352 e. The number of hydrogen-bond acceptors (Lipinski definition) is 8. The molecule has 142 valence electrons. The van der Waals surface area contributed by atoms with E-state index in [9.17, 15) is 0 Å². The van der Waals surface area contributed by atoms with Crippen molar-refractivity contribution >= 4 is 44.7 Å². The Labute approximate surface area is 165 Å². The molecule has 0 spiro atoms. The van der Waals surface area contributed by atoms with Crippen LogP contribution in [0.25, 0.3) is 11.0 Å². The molecule has 1 saturated carbocycles. The van der Waals surface area contributed by atoms with Crippen molar-refractivity contribution in [2.24, 2.45) is 0 Å².